The molecule has 254 valence electrons. The highest BCUT2D eigenvalue weighted by atomic mass is 15.5. The van der Waals surface area contributed by atoms with Gasteiger partial charge in [-0.05, 0) is 86.2 Å². The minimum Gasteiger partial charge on any atom is -0.349 e. The number of hydrogen-bond donors (Lipinski definition) is 0. The van der Waals surface area contributed by atoms with Crippen LogP contribution in [0.1, 0.15) is 63.4 Å². The molecule has 6 heterocycles. The predicted molar refractivity (Wildman–Crippen MR) is 211 cm³/mol. The molecule has 0 saturated heterocycles. The molecular formula is C46H40N6. The summed E-state index contributed by atoms with van der Waals surface area (Å²) in [7, 11) is 2.23. The van der Waals surface area contributed by atoms with Crippen LogP contribution >= 0.6 is 0 Å². The third kappa shape index (κ3) is 3.55. The number of anilines is 4. The number of benzene rings is 5. The fourth-order valence-corrected chi connectivity index (χ4v) is 10.5. The first kappa shape index (κ1) is 29.8. The van der Waals surface area contributed by atoms with Crippen LogP contribution in [-0.4, -0.2) is 28.1 Å². The first-order valence-electron chi connectivity index (χ1n) is 18.4. The Kier molecular flexibility index (Phi) is 5.81. The molecule has 0 amide bonds. The molecule has 0 fully saturated rings. The van der Waals surface area contributed by atoms with E-state index in [1.807, 2.05) is 6.20 Å². The second-order valence-electron chi connectivity index (χ2n) is 15.5. The molecule has 5 aromatic carbocycles. The molecule has 4 atom stereocenters. The summed E-state index contributed by atoms with van der Waals surface area (Å²) in [5.74, 6) is 1.87. The van der Waals surface area contributed by atoms with E-state index in [2.05, 4.69) is 171 Å². The van der Waals surface area contributed by atoms with E-state index in [-0.39, 0.29) is 18.1 Å². The van der Waals surface area contributed by atoms with Gasteiger partial charge in [0.1, 0.15) is 17.5 Å². The number of rotatable bonds is 3. The van der Waals surface area contributed by atoms with Crippen molar-refractivity contribution in [3.05, 3.63) is 160 Å². The molecule has 0 aliphatic carbocycles. The van der Waals surface area contributed by atoms with E-state index >= 15 is 0 Å². The van der Waals surface area contributed by atoms with Gasteiger partial charge in [0.15, 0.2) is 11.6 Å². The van der Waals surface area contributed by atoms with Gasteiger partial charge in [0, 0.05) is 41.2 Å². The Morgan fingerprint density at radius 1 is 0.673 bits per heavy atom. The van der Waals surface area contributed by atoms with Gasteiger partial charge >= 0.3 is 0 Å². The van der Waals surface area contributed by atoms with Crippen LogP contribution in [0.5, 0.6) is 0 Å². The maximum atomic E-state index is 5.34. The number of aryl methyl sites for hydroxylation is 4. The number of hydrogen-bond acceptors (Lipinski definition) is 6. The van der Waals surface area contributed by atoms with Crippen molar-refractivity contribution in [3.8, 4) is 22.5 Å². The van der Waals surface area contributed by atoms with Gasteiger partial charge < -0.3 is 19.6 Å². The van der Waals surface area contributed by atoms with E-state index in [0.29, 0.717) is 0 Å². The lowest BCUT2D eigenvalue weighted by Crippen LogP contribution is -2.50. The molecule has 6 heteroatoms. The van der Waals surface area contributed by atoms with Crippen LogP contribution in [-0.2, 0) is 5.66 Å². The molecule has 3 unspecified atom stereocenters. The Morgan fingerprint density at radius 2 is 1.38 bits per heavy atom. The molecule has 1 aromatic heterocycles. The fourth-order valence-electron chi connectivity index (χ4n) is 10.5. The van der Waals surface area contributed by atoms with Crippen molar-refractivity contribution in [2.75, 3.05) is 21.7 Å². The predicted octanol–water partition coefficient (Wildman–Crippen LogP) is 10.1. The maximum absolute atomic E-state index is 5.34. The lowest BCUT2D eigenvalue weighted by Gasteiger charge is -2.47. The fraction of sp³-hybridized carbons (Fsp3) is 0.217. The van der Waals surface area contributed by atoms with Crippen LogP contribution in [0.15, 0.2) is 116 Å². The topological polar surface area (TPSA) is 38.7 Å². The molecule has 0 radical (unpaired) electrons. The normalized spacial score (nSPS) is 22.7. The highest BCUT2D eigenvalue weighted by molar-refractivity contribution is 5.98. The van der Waals surface area contributed by atoms with Crippen LogP contribution in [0.4, 0.5) is 22.9 Å². The smallest absolute Gasteiger partial charge is 0.162 e. The molecule has 5 aliphatic rings. The van der Waals surface area contributed by atoms with Crippen LogP contribution in [0.25, 0.3) is 28.2 Å². The Balaban J connectivity index is 1.15. The van der Waals surface area contributed by atoms with Gasteiger partial charge in [-0.15, -0.1) is 0 Å². The van der Waals surface area contributed by atoms with Crippen molar-refractivity contribution in [2.24, 2.45) is 0 Å². The summed E-state index contributed by atoms with van der Waals surface area (Å²) in [5.41, 5.74) is 18.7. The van der Waals surface area contributed by atoms with Gasteiger partial charge in [-0.2, -0.15) is 0 Å². The molecule has 11 rings (SSSR count). The minimum absolute atomic E-state index is 0.0224. The summed E-state index contributed by atoms with van der Waals surface area (Å²) in [5, 5.41) is 0. The zero-order chi connectivity index (χ0) is 35.2. The Labute approximate surface area is 305 Å². The van der Waals surface area contributed by atoms with Crippen LogP contribution < -0.4 is 14.7 Å². The molecule has 52 heavy (non-hydrogen) atoms. The molecular weight excluding hydrogens is 637 g/mol. The summed E-state index contributed by atoms with van der Waals surface area (Å²) in [4.78, 5) is 20.6. The summed E-state index contributed by atoms with van der Waals surface area (Å²) >= 11 is 0. The van der Waals surface area contributed by atoms with E-state index in [1.165, 1.54) is 72.7 Å². The molecule has 6 aromatic rings. The first-order valence-corrected chi connectivity index (χ1v) is 18.4. The summed E-state index contributed by atoms with van der Waals surface area (Å²) in [6, 6.07) is 38.3. The average molecular weight is 677 g/mol. The van der Waals surface area contributed by atoms with Gasteiger partial charge in [-0.3, -0.25) is 0 Å². The van der Waals surface area contributed by atoms with E-state index in [9.17, 15) is 0 Å². The number of likely N-dealkylation sites (N-methyl/N-ethyl adjacent to an activating group) is 1. The van der Waals surface area contributed by atoms with Crippen LogP contribution in [0.2, 0.25) is 0 Å². The minimum atomic E-state index is -0.410. The molecule has 0 bridgehead atoms. The monoisotopic (exact) mass is 676 g/mol. The highest BCUT2D eigenvalue weighted by Crippen LogP contribution is 2.68. The van der Waals surface area contributed by atoms with Crippen molar-refractivity contribution in [1.82, 2.24) is 14.9 Å². The Bertz CT molecular complexity index is 2550. The van der Waals surface area contributed by atoms with Crippen molar-refractivity contribution in [1.29, 1.82) is 0 Å². The zero-order valence-corrected chi connectivity index (χ0v) is 30.4. The summed E-state index contributed by atoms with van der Waals surface area (Å²) in [6.45, 7) is 11.3. The molecule has 5 aliphatic heterocycles. The van der Waals surface area contributed by atoms with Crippen molar-refractivity contribution in [3.63, 3.8) is 0 Å². The second kappa shape index (κ2) is 10.1. The van der Waals surface area contributed by atoms with Gasteiger partial charge in [0.2, 0.25) is 0 Å². The summed E-state index contributed by atoms with van der Waals surface area (Å²) in [6.07, 6.45) is 4.56. The number of para-hydroxylation sites is 1. The van der Waals surface area contributed by atoms with E-state index in [0.717, 1.165) is 22.9 Å². The Morgan fingerprint density at radius 3 is 2.21 bits per heavy atom. The van der Waals surface area contributed by atoms with E-state index < -0.39 is 5.66 Å². The number of nitrogens with zero attached hydrogens (tertiary/aromatic N) is 6. The second-order valence-corrected chi connectivity index (χ2v) is 15.5. The van der Waals surface area contributed by atoms with E-state index in [4.69, 9.17) is 9.97 Å². The quantitative estimate of drug-likeness (QED) is 0.186. The van der Waals surface area contributed by atoms with Gasteiger partial charge in [0.05, 0.1) is 29.5 Å². The molecule has 0 saturated carbocycles. The van der Waals surface area contributed by atoms with E-state index in [1.54, 1.807) is 0 Å². The Hall–Kier alpha value is -5.88. The first-order chi connectivity index (χ1) is 25.3. The molecule has 0 N–H and O–H groups in total. The lowest BCUT2D eigenvalue weighted by molar-refractivity contribution is 0.142. The number of aromatic nitrogens is 2. The van der Waals surface area contributed by atoms with Crippen molar-refractivity contribution in [2.45, 2.75) is 58.4 Å². The van der Waals surface area contributed by atoms with Crippen molar-refractivity contribution >= 4 is 28.6 Å². The third-order valence-corrected chi connectivity index (χ3v) is 12.7. The molecule has 6 nitrogen and oxygen atoms in total. The standard InChI is InChI=1S/C46H40N6/c1-26-21-22-36-34(23-26)31-18-12-19-33-41(31)46(5)50(25-38(52(36)46)39-28(3)14-11-15-29(39)4)42(33)40-32-17-9-10-20-35(32)51-44-37(49(6)45(40)51)24-47-43(48-44)30-16-8-7-13-27(30)2/h7-25,40,42,45H,1-6H3/t40?,42-,45?,46?/m1/s1. The largest absolute Gasteiger partial charge is 0.349 e. The van der Waals surface area contributed by atoms with Gasteiger partial charge in [-0.25, -0.2) is 9.97 Å². The zero-order valence-electron chi connectivity index (χ0n) is 30.4. The third-order valence-electron chi connectivity index (χ3n) is 12.7. The number of fused-ring (bicyclic) bond motifs is 8. The summed E-state index contributed by atoms with van der Waals surface area (Å²) < 4.78 is 0. The van der Waals surface area contributed by atoms with Gasteiger partial charge in [0.25, 0.3) is 0 Å². The maximum Gasteiger partial charge on any atom is 0.162 e. The van der Waals surface area contributed by atoms with Gasteiger partial charge in [-0.1, -0.05) is 90.5 Å². The SMILES string of the molecule is Cc1ccc2c(c1)-c1cccc3c1C1(C)N2C(c2c(C)cccc2C)=CN1[C@H]3C1c2ccccc2N2c3nc(-c4ccccc4C)ncc3N(C)C12. The van der Waals surface area contributed by atoms with Crippen LogP contribution in [0, 0.1) is 27.7 Å². The van der Waals surface area contributed by atoms with Crippen molar-refractivity contribution < 1.29 is 0 Å². The average Bonchev–Trinajstić information content (AvgIpc) is 3.81. The van der Waals surface area contributed by atoms with Crippen LogP contribution in [0.3, 0.4) is 0 Å². The molecule has 0 spiro atoms. The highest BCUT2D eigenvalue weighted by Gasteiger charge is 2.63. The lowest BCUT2D eigenvalue weighted by atomic mass is 9.80.